The standard InChI is InChI=1S/C8H9N.C6H7N/c1-3-8-5-4-7(2)9-6-8;1-6-4-2-3-5-7-6/h3-6H,1H2,2H3;2-5H,1H3. The molecule has 0 saturated heterocycles. The van der Waals surface area contributed by atoms with E-state index < -0.39 is 0 Å². The van der Waals surface area contributed by atoms with Crippen LogP contribution < -0.4 is 0 Å². The molecule has 0 spiro atoms. The second-order valence-corrected chi connectivity index (χ2v) is 3.41. The molecule has 0 aliphatic carbocycles. The molecule has 16 heavy (non-hydrogen) atoms. The smallest absolute Gasteiger partial charge is 0.0373 e. The van der Waals surface area contributed by atoms with Crippen LogP contribution in [0.3, 0.4) is 0 Å². The van der Waals surface area contributed by atoms with Gasteiger partial charge in [-0.2, -0.15) is 0 Å². The molecular weight excluding hydrogens is 196 g/mol. The third-order valence-electron chi connectivity index (χ3n) is 1.98. The number of hydrogen-bond acceptors (Lipinski definition) is 2. The number of hydrogen-bond donors (Lipinski definition) is 0. The summed E-state index contributed by atoms with van der Waals surface area (Å²) in [6.45, 7) is 7.56. The van der Waals surface area contributed by atoms with E-state index in [1.54, 1.807) is 12.3 Å². The lowest BCUT2D eigenvalue weighted by Crippen LogP contribution is -1.78. The predicted molar refractivity (Wildman–Crippen MR) is 68.0 cm³/mol. The quantitative estimate of drug-likeness (QED) is 0.723. The number of nitrogens with zero attached hydrogens (tertiary/aromatic N) is 2. The summed E-state index contributed by atoms with van der Waals surface area (Å²) in [7, 11) is 0. The predicted octanol–water partition coefficient (Wildman–Crippen LogP) is 3.42. The van der Waals surface area contributed by atoms with Crippen molar-refractivity contribution in [3.05, 3.63) is 66.3 Å². The molecule has 2 aromatic heterocycles. The van der Waals surface area contributed by atoms with Gasteiger partial charge in [-0.1, -0.05) is 24.8 Å². The molecule has 0 radical (unpaired) electrons. The van der Waals surface area contributed by atoms with E-state index in [0.717, 1.165) is 17.0 Å². The third-order valence-corrected chi connectivity index (χ3v) is 1.98. The van der Waals surface area contributed by atoms with Gasteiger partial charge in [0.15, 0.2) is 0 Å². The average molecular weight is 212 g/mol. The maximum atomic E-state index is 4.08. The van der Waals surface area contributed by atoms with Crippen LogP contribution >= 0.6 is 0 Å². The average Bonchev–Trinajstić information content (AvgIpc) is 2.32. The second-order valence-electron chi connectivity index (χ2n) is 3.41. The maximum Gasteiger partial charge on any atom is 0.0373 e. The summed E-state index contributed by atoms with van der Waals surface area (Å²) in [5.41, 5.74) is 3.18. The van der Waals surface area contributed by atoms with E-state index in [-0.39, 0.29) is 0 Å². The Morgan fingerprint density at radius 3 is 2.12 bits per heavy atom. The molecule has 0 fully saturated rings. The van der Waals surface area contributed by atoms with E-state index in [0.29, 0.717) is 0 Å². The highest BCUT2D eigenvalue weighted by Crippen LogP contribution is 1.98. The monoisotopic (exact) mass is 212 g/mol. The van der Waals surface area contributed by atoms with Gasteiger partial charge in [0, 0.05) is 23.8 Å². The van der Waals surface area contributed by atoms with Crippen molar-refractivity contribution >= 4 is 6.08 Å². The molecule has 0 amide bonds. The zero-order valence-electron chi connectivity index (χ0n) is 9.72. The number of rotatable bonds is 1. The highest BCUT2D eigenvalue weighted by atomic mass is 14.7. The van der Waals surface area contributed by atoms with E-state index in [4.69, 9.17) is 0 Å². The highest BCUT2D eigenvalue weighted by Gasteiger charge is 1.83. The molecule has 2 aromatic rings. The molecule has 82 valence electrons. The Bertz CT molecular complexity index is 418. The molecular formula is C14H16N2. The van der Waals surface area contributed by atoms with Crippen molar-refractivity contribution in [2.45, 2.75) is 13.8 Å². The van der Waals surface area contributed by atoms with Gasteiger partial charge in [0.05, 0.1) is 0 Å². The van der Waals surface area contributed by atoms with E-state index in [9.17, 15) is 0 Å². The van der Waals surface area contributed by atoms with Gasteiger partial charge in [0.25, 0.3) is 0 Å². The van der Waals surface area contributed by atoms with Crippen LogP contribution in [0.4, 0.5) is 0 Å². The first-order valence-electron chi connectivity index (χ1n) is 5.15. The molecule has 2 heteroatoms. The van der Waals surface area contributed by atoms with Crippen molar-refractivity contribution in [3.63, 3.8) is 0 Å². The minimum atomic E-state index is 1.04. The summed E-state index contributed by atoms with van der Waals surface area (Å²) in [4.78, 5) is 8.06. The normalized spacial score (nSPS) is 8.88. The Morgan fingerprint density at radius 2 is 1.75 bits per heavy atom. The molecule has 2 heterocycles. The van der Waals surface area contributed by atoms with Crippen LogP contribution in [0.1, 0.15) is 17.0 Å². The van der Waals surface area contributed by atoms with E-state index in [2.05, 4.69) is 16.5 Å². The molecule has 0 N–H and O–H groups in total. The zero-order valence-corrected chi connectivity index (χ0v) is 9.72. The fraction of sp³-hybridized carbons (Fsp3) is 0.143. The first-order valence-corrected chi connectivity index (χ1v) is 5.15. The van der Waals surface area contributed by atoms with Crippen LogP contribution in [0.5, 0.6) is 0 Å². The Morgan fingerprint density at radius 1 is 1.00 bits per heavy atom. The van der Waals surface area contributed by atoms with Crippen molar-refractivity contribution in [1.82, 2.24) is 9.97 Å². The lowest BCUT2D eigenvalue weighted by atomic mass is 10.2. The van der Waals surface area contributed by atoms with Gasteiger partial charge in [-0.25, -0.2) is 0 Å². The fourth-order valence-corrected chi connectivity index (χ4v) is 1.05. The van der Waals surface area contributed by atoms with Crippen molar-refractivity contribution in [1.29, 1.82) is 0 Å². The largest absolute Gasteiger partial charge is 0.262 e. The Labute approximate surface area is 96.7 Å². The first kappa shape index (κ1) is 12.1. The van der Waals surface area contributed by atoms with Gasteiger partial charge in [0.1, 0.15) is 0 Å². The van der Waals surface area contributed by atoms with Crippen LogP contribution in [-0.2, 0) is 0 Å². The summed E-state index contributed by atoms with van der Waals surface area (Å²) in [5, 5.41) is 0. The van der Waals surface area contributed by atoms with Crippen molar-refractivity contribution in [2.24, 2.45) is 0 Å². The first-order chi connectivity index (χ1) is 7.72. The van der Waals surface area contributed by atoms with Gasteiger partial charge in [-0.3, -0.25) is 9.97 Å². The summed E-state index contributed by atoms with van der Waals surface area (Å²) >= 11 is 0. The van der Waals surface area contributed by atoms with E-state index in [1.807, 2.05) is 50.4 Å². The van der Waals surface area contributed by atoms with Gasteiger partial charge >= 0.3 is 0 Å². The third kappa shape index (κ3) is 4.51. The van der Waals surface area contributed by atoms with Gasteiger partial charge in [-0.05, 0) is 37.6 Å². The second kappa shape index (κ2) is 6.51. The Balaban J connectivity index is 0.000000165. The van der Waals surface area contributed by atoms with Gasteiger partial charge in [0.2, 0.25) is 0 Å². The van der Waals surface area contributed by atoms with Crippen molar-refractivity contribution in [2.75, 3.05) is 0 Å². The lowest BCUT2D eigenvalue weighted by molar-refractivity contribution is 1.19. The van der Waals surface area contributed by atoms with Crippen LogP contribution in [0.15, 0.2) is 49.3 Å². The maximum absolute atomic E-state index is 4.08. The summed E-state index contributed by atoms with van der Waals surface area (Å²) < 4.78 is 0. The molecule has 0 unspecified atom stereocenters. The molecule has 0 aromatic carbocycles. The van der Waals surface area contributed by atoms with E-state index in [1.165, 1.54) is 0 Å². The minimum Gasteiger partial charge on any atom is -0.262 e. The fourth-order valence-electron chi connectivity index (χ4n) is 1.05. The van der Waals surface area contributed by atoms with Crippen molar-refractivity contribution < 1.29 is 0 Å². The molecule has 0 aliphatic heterocycles. The van der Waals surface area contributed by atoms with E-state index >= 15 is 0 Å². The Hall–Kier alpha value is -1.96. The highest BCUT2D eigenvalue weighted by molar-refractivity contribution is 5.44. The number of pyridine rings is 2. The van der Waals surface area contributed by atoms with Crippen LogP contribution in [0.2, 0.25) is 0 Å². The molecule has 0 bridgehead atoms. The summed E-state index contributed by atoms with van der Waals surface area (Å²) in [6.07, 6.45) is 5.38. The summed E-state index contributed by atoms with van der Waals surface area (Å²) in [5.74, 6) is 0. The number of aryl methyl sites for hydroxylation is 2. The topological polar surface area (TPSA) is 25.8 Å². The molecule has 2 nitrogen and oxygen atoms in total. The van der Waals surface area contributed by atoms with Gasteiger partial charge in [-0.15, -0.1) is 0 Å². The molecule has 2 rings (SSSR count). The minimum absolute atomic E-state index is 1.04. The zero-order chi connectivity index (χ0) is 11.8. The van der Waals surface area contributed by atoms with Crippen molar-refractivity contribution in [3.8, 4) is 0 Å². The van der Waals surface area contributed by atoms with Gasteiger partial charge < -0.3 is 0 Å². The molecule has 0 saturated carbocycles. The van der Waals surface area contributed by atoms with Crippen LogP contribution in [-0.4, -0.2) is 9.97 Å². The molecule has 0 atom stereocenters. The molecule has 0 aliphatic rings. The Kier molecular flexibility index (Phi) is 4.93. The number of aromatic nitrogens is 2. The van der Waals surface area contributed by atoms with Crippen LogP contribution in [0, 0.1) is 13.8 Å². The summed E-state index contributed by atoms with van der Waals surface area (Å²) in [6, 6.07) is 9.82. The lowest BCUT2D eigenvalue weighted by Gasteiger charge is -1.90. The SMILES string of the molecule is C=Cc1ccc(C)nc1.Cc1ccccn1. The van der Waals surface area contributed by atoms with Crippen LogP contribution in [0.25, 0.3) is 6.08 Å².